The number of nitrogens with zero attached hydrogens (tertiary/aromatic N) is 3. The molecule has 0 aliphatic heterocycles. The Hall–Kier alpha value is -1.72. The van der Waals surface area contributed by atoms with Gasteiger partial charge in [-0.15, -0.1) is 0 Å². The summed E-state index contributed by atoms with van der Waals surface area (Å²) in [7, 11) is 0. The quantitative estimate of drug-likeness (QED) is 0.797. The predicted octanol–water partition coefficient (Wildman–Crippen LogP) is 3.35. The van der Waals surface area contributed by atoms with Gasteiger partial charge in [0.1, 0.15) is 0 Å². The molecule has 0 bridgehead atoms. The minimum absolute atomic E-state index is 0.612. The zero-order valence-corrected chi connectivity index (χ0v) is 10.9. The number of hydrogen-bond acceptors (Lipinski definition) is 5. The van der Waals surface area contributed by atoms with Crippen LogP contribution in [0.25, 0.3) is 10.2 Å². The summed E-state index contributed by atoms with van der Waals surface area (Å²) in [5, 5.41) is 12.6. The fraction of sp³-hybridized carbons (Fsp3) is 0.0833. The fourth-order valence-electron chi connectivity index (χ4n) is 1.57. The predicted molar refractivity (Wildman–Crippen MR) is 74.0 cm³/mol. The van der Waals surface area contributed by atoms with Crippen LogP contribution in [0.3, 0.4) is 0 Å². The lowest BCUT2D eigenvalue weighted by Gasteiger charge is -1.99. The largest absolute Gasteiger partial charge is 0.356 e. The standard InChI is InChI=1S/C12H9ClN4S/c13-8-3-4-11-10(6-8)16-12(18-11)14-7-9-2-1-5-15-17-9/h1-6H,7H2,(H,14,16). The van der Waals surface area contributed by atoms with Crippen molar-refractivity contribution in [2.24, 2.45) is 0 Å². The number of rotatable bonds is 3. The van der Waals surface area contributed by atoms with E-state index in [2.05, 4.69) is 20.5 Å². The van der Waals surface area contributed by atoms with E-state index in [-0.39, 0.29) is 0 Å². The van der Waals surface area contributed by atoms with Crippen LogP contribution < -0.4 is 5.32 Å². The monoisotopic (exact) mass is 276 g/mol. The van der Waals surface area contributed by atoms with Crippen LogP contribution in [0.5, 0.6) is 0 Å². The van der Waals surface area contributed by atoms with Crippen LogP contribution >= 0.6 is 22.9 Å². The van der Waals surface area contributed by atoms with E-state index < -0.39 is 0 Å². The van der Waals surface area contributed by atoms with Gasteiger partial charge in [-0.05, 0) is 30.3 Å². The van der Waals surface area contributed by atoms with E-state index in [1.165, 1.54) is 0 Å². The molecule has 1 aromatic carbocycles. The maximum Gasteiger partial charge on any atom is 0.184 e. The van der Waals surface area contributed by atoms with Crippen molar-refractivity contribution in [1.82, 2.24) is 15.2 Å². The molecule has 2 heterocycles. The highest BCUT2D eigenvalue weighted by atomic mass is 35.5. The molecule has 0 atom stereocenters. The van der Waals surface area contributed by atoms with E-state index in [0.29, 0.717) is 11.6 Å². The summed E-state index contributed by atoms with van der Waals surface area (Å²) in [6, 6.07) is 9.49. The minimum Gasteiger partial charge on any atom is -0.356 e. The first-order valence-corrected chi connectivity index (χ1v) is 6.57. The summed E-state index contributed by atoms with van der Waals surface area (Å²) in [4.78, 5) is 4.46. The summed E-state index contributed by atoms with van der Waals surface area (Å²) < 4.78 is 1.11. The van der Waals surface area contributed by atoms with Gasteiger partial charge < -0.3 is 5.32 Å². The molecular formula is C12H9ClN4S. The van der Waals surface area contributed by atoms with E-state index in [9.17, 15) is 0 Å². The molecule has 0 aliphatic carbocycles. The number of thiazole rings is 1. The third-order valence-electron chi connectivity index (χ3n) is 2.40. The number of halogens is 1. The normalized spacial score (nSPS) is 10.7. The van der Waals surface area contributed by atoms with Crippen molar-refractivity contribution >= 4 is 38.3 Å². The molecule has 4 nitrogen and oxygen atoms in total. The number of anilines is 1. The number of fused-ring (bicyclic) bond motifs is 1. The SMILES string of the molecule is Clc1ccc2sc(NCc3cccnn3)nc2c1. The van der Waals surface area contributed by atoms with Crippen molar-refractivity contribution in [3.63, 3.8) is 0 Å². The zero-order valence-electron chi connectivity index (χ0n) is 9.30. The topological polar surface area (TPSA) is 50.7 Å². The van der Waals surface area contributed by atoms with Crippen LogP contribution in [0, 0.1) is 0 Å². The minimum atomic E-state index is 0.612. The number of aromatic nitrogens is 3. The summed E-state index contributed by atoms with van der Waals surface area (Å²) in [5.41, 5.74) is 1.80. The van der Waals surface area contributed by atoms with E-state index in [0.717, 1.165) is 21.0 Å². The number of benzene rings is 1. The molecule has 6 heteroatoms. The van der Waals surface area contributed by atoms with Crippen molar-refractivity contribution in [3.05, 3.63) is 47.2 Å². The smallest absolute Gasteiger partial charge is 0.184 e. The molecule has 0 amide bonds. The van der Waals surface area contributed by atoms with Gasteiger partial charge in [0.2, 0.25) is 0 Å². The van der Waals surface area contributed by atoms with Gasteiger partial charge in [0.15, 0.2) is 5.13 Å². The Morgan fingerprint density at radius 1 is 1.28 bits per heavy atom. The lowest BCUT2D eigenvalue weighted by Crippen LogP contribution is -2.01. The molecule has 0 unspecified atom stereocenters. The highest BCUT2D eigenvalue weighted by Gasteiger charge is 2.04. The molecule has 3 rings (SSSR count). The Labute approximate surface area is 113 Å². The Morgan fingerprint density at radius 3 is 3.06 bits per heavy atom. The maximum absolute atomic E-state index is 5.93. The molecular weight excluding hydrogens is 268 g/mol. The van der Waals surface area contributed by atoms with Gasteiger partial charge in [0.05, 0.1) is 22.5 Å². The Kier molecular flexibility index (Phi) is 3.08. The second-order valence-corrected chi connectivity index (χ2v) is 5.17. The van der Waals surface area contributed by atoms with Crippen molar-refractivity contribution in [2.75, 3.05) is 5.32 Å². The van der Waals surface area contributed by atoms with E-state index >= 15 is 0 Å². The fourth-order valence-corrected chi connectivity index (χ4v) is 2.58. The van der Waals surface area contributed by atoms with E-state index in [4.69, 9.17) is 11.6 Å². The summed E-state index contributed by atoms with van der Waals surface area (Å²) >= 11 is 7.52. The molecule has 0 saturated carbocycles. The number of nitrogens with one attached hydrogen (secondary N) is 1. The molecule has 0 fully saturated rings. The van der Waals surface area contributed by atoms with Crippen molar-refractivity contribution in [1.29, 1.82) is 0 Å². The molecule has 0 radical (unpaired) electrons. The first-order chi connectivity index (χ1) is 8.81. The van der Waals surface area contributed by atoms with Crippen LogP contribution in [-0.2, 0) is 6.54 Å². The van der Waals surface area contributed by atoms with Gasteiger partial charge in [-0.3, -0.25) is 0 Å². The van der Waals surface area contributed by atoms with E-state index in [1.54, 1.807) is 17.5 Å². The molecule has 18 heavy (non-hydrogen) atoms. The van der Waals surface area contributed by atoms with Gasteiger partial charge in [0, 0.05) is 11.2 Å². The molecule has 90 valence electrons. The van der Waals surface area contributed by atoms with Crippen LogP contribution in [0.15, 0.2) is 36.5 Å². The average molecular weight is 277 g/mol. The highest BCUT2D eigenvalue weighted by molar-refractivity contribution is 7.22. The second-order valence-electron chi connectivity index (χ2n) is 3.70. The Morgan fingerprint density at radius 2 is 2.22 bits per heavy atom. The average Bonchev–Trinajstić information content (AvgIpc) is 2.79. The summed E-state index contributed by atoms with van der Waals surface area (Å²) in [5.74, 6) is 0. The van der Waals surface area contributed by atoms with Crippen molar-refractivity contribution in [3.8, 4) is 0 Å². The van der Waals surface area contributed by atoms with Gasteiger partial charge in [0.25, 0.3) is 0 Å². The third kappa shape index (κ3) is 2.42. The summed E-state index contributed by atoms with van der Waals surface area (Å²) in [6.45, 7) is 0.612. The van der Waals surface area contributed by atoms with Crippen molar-refractivity contribution < 1.29 is 0 Å². The highest BCUT2D eigenvalue weighted by Crippen LogP contribution is 2.28. The Bertz CT molecular complexity index is 668. The van der Waals surface area contributed by atoms with Gasteiger partial charge in [-0.25, -0.2) is 4.98 Å². The van der Waals surface area contributed by atoms with Crippen molar-refractivity contribution in [2.45, 2.75) is 6.54 Å². The molecule has 0 saturated heterocycles. The van der Waals surface area contributed by atoms with E-state index in [1.807, 2.05) is 30.3 Å². The lowest BCUT2D eigenvalue weighted by molar-refractivity contribution is 0.924. The van der Waals surface area contributed by atoms with Crippen LogP contribution in [0.1, 0.15) is 5.69 Å². The molecule has 2 aromatic heterocycles. The first-order valence-electron chi connectivity index (χ1n) is 5.38. The number of hydrogen-bond donors (Lipinski definition) is 1. The molecule has 3 aromatic rings. The van der Waals surface area contributed by atoms with Gasteiger partial charge >= 0.3 is 0 Å². The first kappa shape index (κ1) is 11.4. The maximum atomic E-state index is 5.93. The van der Waals surface area contributed by atoms with Crippen LogP contribution in [0.4, 0.5) is 5.13 Å². The van der Waals surface area contributed by atoms with Gasteiger partial charge in [-0.2, -0.15) is 10.2 Å². The molecule has 0 aliphatic rings. The molecule has 1 N–H and O–H groups in total. The second kappa shape index (κ2) is 4.88. The van der Waals surface area contributed by atoms with Gasteiger partial charge in [-0.1, -0.05) is 22.9 Å². The van der Waals surface area contributed by atoms with Crippen LogP contribution in [0.2, 0.25) is 5.02 Å². The summed E-state index contributed by atoms with van der Waals surface area (Å²) in [6.07, 6.45) is 1.66. The lowest BCUT2D eigenvalue weighted by atomic mass is 10.3. The zero-order chi connectivity index (χ0) is 12.4. The third-order valence-corrected chi connectivity index (χ3v) is 3.63. The Balaban J connectivity index is 1.79. The molecule has 0 spiro atoms. The van der Waals surface area contributed by atoms with Crippen LogP contribution in [-0.4, -0.2) is 15.2 Å².